The summed E-state index contributed by atoms with van der Waals surface area (Å²) < 4.78 is 1.68. The lowest BCUT2D eigenvalue weighted by atomic mass is 9.89. The summed E-state index contributed by atoms with van der Waals surface area (Å²) in [5.74, 6) is 0.721. The molecular weight excluding hydrogens is 256 g/mol. The van der Waals surface area contributed by atoms with E-state index in [0.717, 1.165) is 34.5 Å². The molecule has 2 aromatic heterocycles. The molecule has 0 fully saturated rings. The minimum atomic E-state index is 0.0973. The molecule has 0 aliphatic heterocycles. The Bertz CT molecular complexity index is 711. The number of aryl methyl sites for hydroxylation is 1. The van der Waals surface area contributed by atoms with E-state index in [1.807, 2.05) is 6.92 Å². The van der Waals surface area contributed by atoms with Crippen LogP contribution < -0.4 is 5.56 Å². The van der Waals surface area contributed by atoms with Crippen LogP contribution in [0.25, 0.3) is 10.2 Å². The number of rotatable bonds is 2. The van der Waals surface area contributed by atoms with E-state index in [2.05, 4.69) is 18.5 Å². The first-order valence-corrected chi connectivity index (χ1v) is 7.52. The van der Waals surface area contributed by atoms with E-state index in [1.165, 1.54) is 16.9 Å². The van der Waals surface area contributed by atoms with Crippen LogP contribution in [0.3, 0.4) is 0 Å². The summed E-state index contributed by atoms with van der Waals surface area (Å²) in [6.45, 7) is 8.64. The summed E-state index contributed by atoms with van der Waals surface area (Å²) in [6.07, 6.45) is 4.94. The monoisotopic (exact) mass is 274 g/mol. The van der Waals surface area contributed by atoms with Crippen molar-refractivity contribution >= 4 is 21.6 Å². The third kappa shape index (κ3) is 2.14. The van der Waals surface area contributed by atoms with Crippen molar-refractivity contribution in [2.24, 2.45) is 5.92 Å². The highest BCUT2D eigenvalue weighted by molar-refractivity contribution is 7.18. The molecule has 0 saturated carbocycles. The summed E-state index contributed by atoms with van der Waals surface area (Å²) in [6, 6.07) is 0. The molecule has 0 unspecified atom stereocenters. The Hall–Kier alpha value is -1.42. The van der Waals surface area contributed by atoms with Crippen LogP contribution in [0.1, 0.15) is 30.7 Å². The number of fused-ring (bicyclic) bond motifs is 3. The van der Waals surface area contributed by atoms with Crippen LogP contribution in [0, 0.1) is 5.92 Å². The molecule has 0 radical (unpaired) electrons. The first-order valence-electron chi connectivity index (χ1n) is 6.70. The Morgan fingerprint density at radius 2 is 2.42 bits per heavy atom. The SMILES string of the molecule is C=C(C)Cn1cnc2sc3c(c2c1=O)CC[C@@H](C)C3. The van der Waals surface area contributed by atoms with Crippen LogP contribution in [0.4, 0.5) is 0 Å². The zero-order valence-corrected chi connectivity index (χ0v) is 12.2. The molecule has 0 bridgehead atoms. The van der Waals surface area contributed by atoms with Gasteiger partial charge in [0.1, 0.15) is 4.83 Å². The molecular formula is C15H18N2OS. The first kappa shape index (κ1) is 12.6. The maximum atomic E-state index is 12.6. The maximum absolute atomic E-state index is 12.6. The molecule has 0 saturated heterocycles. The van der Waals surface area contributed by atoms with E-state index in [0.29, 0.717) is 6.54 Å². The highest BCUT2D eigenvalue weighted by Crippen LogP contribution is 2.35. The highest BCUT2D eigenvalue weighted by Gasteiger charge is 2.22. The van der Waals surface area contributed by atoms with Gasteiger partial charge < -0.3 is 0 Å². The predicted molar refractivity (Wildman–Crippen MR) is 79.9 cm³/mol. The summed E-state index contributed by atoms with van der Waals surface area (Å²) in [5.41, 5.74) is 2.33. The number of aromatic nitrogens is 2. The van der Waals surface area contributed by atoms with E-state index in [4.69, 9.17) is 0 Å². The molecule has 3 nitrogen and oxygen atoms in total. The van der Waals surface area contributed by atoms with Crippen molar-refractivity contribution in [1.82, 2.24) is 9.55 Å². The number of hydrogen-bond donors (Lipinski definition) is 0. The first-order chi connectivity index (χ1) is 9.06. The third-order valence-electron chi connectivity index (χ3n) is 3.72. The minimum Gasteiger partial charge on any atom is -0.295 e. The van der Waals surface area contributed by atoms with Gasteiger partial charge >= 0.3 is 0 Å². The molecule has 0 spiro atoms. The van der Waals surface area contributed by atoms with Crippen molar-refractivity contribution in [3.8, 4) is 0 Å². The van der Waals surface area contributed by atoms with E-state index in [1.54, 1.807) is 22.2 Å². The second-order valence-corrected chi connectivity index (χ2v) is 6.75. The Kier molecular flexibility index (Phi) is 3.05. The van der Waals surface area contributed by atoms with Gasteiger partial charge in [-0.05, 0) is 37.7 Å². The summed E-state index contributed by atoms with van der Waals surface area (Å²) in [5, 5.41) is 0.857. The predicted octanol–water partition coefficient (Wildman–Crippen LogP) is 3.16. The smallest absolute Gasteiger partial charge is 0.262 e. The molecule has 0 amide bonds. The lowest BCUT2D eigenvalue weighted by molar-refractivity contribution is 0.509. The fraction of sp³-hybridized carbons (Fsp3) is 0.467. The Balaban J connectivity index is 2.20. The van der Waals surface area contributed by atoms with Crippen molar-refractivity contribution in [1.29, 1.82) is 0 Å². The summed E-state index contributed by atoms with van der Waals surface area (Å²) in [4.78, 5) is 19.3. The van der Waals surface area contributed by atoms with Gasteiger partial charge in [0.15, 0.2) is 0 Å². The van der Waals surface area contributed by atoms with Gasteiger partial charge in [0.05, 0.1) is 11.7 Å². The number of hydrogen-bond acceptors (Lipinski definition) is 3. The average molecular weight is 274 g/mol. The fourth-order valence-corrected chi connectivity index (χ4v) is 4.11. The second kappa shape index (κ2) is 4.60. The molecule has 1 aliphatic rings. The molecule has 3 rings (SSSR count). The van der Waals surface area contributed by atoms with Crippen LogP contribution in [-0.4, -0.2) is 9.55 Å². The van der Waals surface area contributed by atoms with Gasteiger partial charge in [0.25, 0.3) is 5.56 Å². The summed E-state index contributed by atoms with van der Waals surface area (Å²) in [7, 11) is 0. The number of nitrogens with zero attached hydrogens (tertiary/aromatic N) is 2. The summed E-state index contributed by atoms with van der Waals surface area (Å²) >= 11 is 1.70. The number of thiophene rings is 1. The van der Waals surface area contributed by atoms with E-state index >= 15 is 0 Å². The van der Waals surface area contributed by atoms with Crippen LogP contribution >= 0.6 is 11.3 Å². The minimum absolute atomic E-state index is 0.0973. The highest BCUT2D eigenvalue weighted by atomic mass is 32.1. The largest absolute Gasteiger partial charge is 0.295 e. The van der Waals surface area contributed by atoms with Crippen LogP contribution in [0.2, 0.25) is 0 Å². The van der Waals surface area contributed by atoms with Gasteiger partial charge in [0.2, 0.25) is 0 Å². The molecule has 4 heteroatoms. The zero-order chi connectivity index (χ0) is 13.6. The van der Waals surface area contributed by atoms with Crippen LogP contribution in [-0.2, 0) is 19.4 Å². The molecule has 1 atom stereocenters. The van der Waals surface area contributed by atoms with E-state index in [9.17, 15) is 4.79 Å². The van der Waals surface area contributed by atoms with Crippen molar-refractivity contribution < 1.29 is 0 Å². The lowest BCUT2D eigenvalue weighted by Gasteiger charge is -2.17. The van der Waals surface area contributed by atoms with Crippen molar-refractivity contribution in [3.05, 3.63) is 39.3 Å². The Morgan fingerprint density at radius 3 is 3.16 bits per heavy atom. The molecule has 2 heterocycles. The molecule has 0 aromatic carbocycles. The van der Waals surface area contributed by atoms with Gasteiger partial charge in [0, 0.05) is 11.4 Å². The number of allylic oxidation sites excluding steroid dienone is 1. The lowest BCUT2D eigenvalue weighted by Crippen LogP contribution is -2.21. The van der Waals surface area contributed by atoms with Gasteiger partial charge in [-0.15, -0.1) is 11.3 Å². The Morgan fingerprint density at radius 1 is 1.63 bits per heavy atom. The van der Waals surface area contributed by atoms with E-state index < -0.39 is 0 Å². The quantitative estimate of drug-likeness (QED) is 0.788. The molecule has 100 valence electrons. The average Bonchev–Trinajstić information content (AvgIpc) is 2.70. The molecule has 0 N–H and O–H groups in total. The van der Waals surface area contributed by atoms with Gasteiger partial charge in [-0.2, -0.15) is 0 Å². The molecule has 19 heavy (non-hydrogen) atoms. The molecule has 2 aromatic rings. The fourth-order valence-electron chi connectivity index (χ4n) is 2.77. The van der Waals surface area contributed by atoms with Gasteiger partial charge in [-0.1, -0.05) is 19.1 Å². The van der Waals surface area contributed by atoms with Crippen LogP contribution in [0.5, 0.6) is 0 Å². The van der Waals surface area contributed by atoms with Crippen molar-refractivity contribution in [2.75, 3.05) is 0 Å². The standard InChI is InChI=1S/C15H18N2OS/c1-9(2)7-17-8-16-14-13(15(17)18)11-5-4-10(3)6-12(11)19-14/h8,10H,1,4-7H2,2-3H3/t10-/m1/s1. The Labute approximate surface area is 116 Å². The van der Waals surface area contributed by atoms with Gasteiger partial charge in [-0.3, -0.25) is 9.36 Å². The van der Waals surface area contributed by atoms with Gasteiger partial charge in [-0.25, -0.2) is 4.98 Å². The molecule has 1 aliphatic carbocycles. The topological polar surface area (TPSA) is 34.9 Å². The van der Waals surface area contributed by atoms with E-state index in [-0.39, 0.29) is 5.56 Å². The third-order valence-corrected chi connectivity index (χ3v) is 4.88. The zero-order valence-electron chi connectivity index (χ0n) is 11.4. The normalized spacial score (nSPS) is 18.5. The maximum Gasteiger partial charge on any atom is 0.262 e. The second-order valence-electron chi connectivity index (χ2n) is 5.67. The van der Waals surface area contributed by atoms with Crippen molar-refractivity contribution in [3.63, 3.8) is 0 Å². The van der Waals surface area contributed by atoms with Crippen molar-refractivity contribution in [2.45, 2.75) is 39.7 Å². The van der Waals surface area contributed by atoms with Crippen LogP contribution in [0.15, 0.2) is 23.3 Å².